The van der Waals surface area contributed by atoms with Gasteiger partial charge in [-0.2, -0.15) is 0 Å². The number of nitrogens with zero attached hydrogens (tertiary/aromatic N) is 2. The van der Waals surface area contributed by atoms with E-state index in [1.165, 1.54) is 11.3 Å². The molecular weight excluding hydrogens is 440 g/mol. The summed E-state index contributed by atoms with van der Waals surface area (Å²) in [5.41, 5.74) is 3.44. The second-order valence-electron chi connectivity index (χ2n) is 7.83. The van der Waals surface area contributed by atoms with Crippen molar-refractivity contribution in [3.8, 4) is 11.5 Å². The lowest BCUT2D eigenvalue weighted by atomic mass is 9.95. The number of benzene rings is 2. The van der Waals surface area contributed by atoms with Crippen LogP contribution in [0.5, 0.6) is 11.5 Å². The number of aromatic nitrogens is 1. The summed E-state index contributed by atoms with van der Waals surface area (Å²) in [4.78, 5) is 31.7. The highest BCUT2D eigenvalue weighted by Gasteiger charge is 2.34. The number of allylic oxidation sites excluding steroid dienone is 1. The van der Waals surface area contributed by atoms with Gasteiger partial charge < -0.3 is 14.2 Å². The maximum Gasteiger partial charge on any atom is 0.338 e. The number of fused-ring (bicyclic) bond motifs is 2. The first-order valence-electron chi connectivity index (χ1n) is 10.6. The van der Waals surface area contributed by atoms with Gasteiger partial charge in [0, 0.05) is 0 Å². The van der Waals surface area contributed by atoms with E-state index in [-0.39, 0.29) is 19.0 Å². The zero-order chi connectivity index (χ0) is 23.1. The molecule has 1 aromatic heterocycles. The molecule has 8 heteroatoms. The predicted octanol–water partition coefficient (Wildman–Crippen LogP) is 2.84. The van der Waals surface area contributed by atoms with E-state index in [1.807, 2.05) is 49.4 Å². The first-order valence-corrected chi connectivity index (χ1v) is 11.4. The van der Waals surface area contributed by atoms with Crippen molar-refractivity contribution in [3.05, 3.63) is 90.1 Å². The SMILES string of the molecule is CCOC(=O)C1=C(C)N=c2s/c(=C/c3ccc(C)cc3)c(=O)n2[C@@H]1c1ccc2c(c1)OCO2. The van der Waals surface area contributed by atoms with Gasteiger partial charge in [-0.15, -0.1) is 0 Å². The topological polar surface area (TPSA) is 79.1 Å². The molecule has 0 amide bonds. The number of rotatable bonds is 4. The van der Waals surface area contributed by atoms with Crippen LogP contribution in [0.1, 0.15) is 36.6 Å². The normalized spacial score (nSPS) is 17.1. The molecule has 3 heterocycles. The Morgan fingerprint density at radius 2 is 1.94 bits per heavy atom. The Kier molecular flexibility index (Phi) is 5.38. The van der Waals surface area contributed by atoms with Crippen molar-refractivity contribution in [3.63, 3.8) is 0 Å². The van der Waals surface area contributed by atoms with Gasteiger partial charge >= 0.3 is 5.97 Å². The molecule has 2 aliphatic rings. The third kappa shape index (κ3) is 3.76. The fourth-order valence-electron chi connectivity index (χ4n) is 4.00. The van der Waals surface area contributed by atoms with Crippen LogP contribution in [-0.2, 0) is 9.53 Å². The minimum absolute atomic E-state index is 0.137. The molecule has 0 unspecified atom stereocenters. The molecule has 1 atom stereocenters. The third-order valence-electron chi connectivity index (χ3n) is 5.60. The molecule has 33 heavy (non-hydrogen) atoms. The summed E-state index contributed by atoms with van der Waals surface area (Å²) in [6, 6.07) is 12.7. The number of hydrogen-bond donors (Lipinski definition) is 0. The molecule has 0 fully saturated rings. The fourth-order valence-corrected chi connectivity index (χ4v) is 5.05. The Hall–Kier alpha value is -3.65. The van der Waals surface area contributed by atoms with E-state index in [1.54, 1.807) is 24.5 Å². The number of carbonyl (C=O) groups excluding carboxylic acids is 1. The molecule has 5 rings (SSSR count). The zero-order valence-corrected chi connectivity index (χ0v) is 19.3. The lowest BCUT2D eigenvalue weighted by Crippen LogP contribution is -2.39. The predicted molar refractivity (Wildman–Crippen MR) is 124 cm³/mol. The number of thiazole rings is 1. The van der Waals surface area contributed by atoms with Gasteiger partial charge in [0.1, 0.15) is 0 Å². The largest absolute Gasteiger partial charge is 0.463 e. The number of hydrogen-bond acceptors (Lipinski definition) is 7. The Bertz CT molecular complexity index is 1460. The number of ether oxygens (including phenoxy) is 3. The van der Waals surface area contributed by atoms with E-state index in [2.05, 4.69) is 4.99 Å². The molecule has 168 valence electrons. The number of esters is 1. The molecule has 2 aromatic carbocycles. The second kappa shape index (κ2) is 8.37. The highest BCUT2D eigenvalue weighted by atomic mass is 32.1. The average molecular weight is 463 g/mol. The van der Waals surface area contributed by atoms with Crippen molar-refractivity contribution in [2.75, 3.05) is 13.4 Å². The molecule has 0 saturated carbocycles. The van der Waals surface area contributed by atoms with Crippen LogP contribution in [0.2, 0.25) is 0 Å². The summed E-state index contributed by atoms with van der Waals surface area (Å²) in [7, 11) is 0. The Balaban J connectivity index is 1.72. The van der Waals surface area contributed by atoms with E-state index in [4.69, 9.17) is 14.2 Å². The molecule has 0 spiro atoms. The Morgan fingerprint density at radius 1 is 1.18 bits per heavy atom. The van der Waals surface area contributed by atoms with E-state index < -0.39 is 12.0 Å². The highest BCUT2D eigenvalue weighted by Crippen LogP contribution is 2.38. The fraction of sp³-hybridized carbons (Fsp3) is 0.240. The van der Waals surface area contributed by atoms with Gasteiger partial charge in [0.25, 0.3) is 5.56 Å². The number of carbonyl (C=O) groups is 1. The lowest BCUT2D eigenvalue weighted by molar-refractivity contribution is -0.139. The minimum atomic E-state index is -0.685. The van der Waals surface area contributed by atoms with Gasteiger partial charge in [0.05, 0.1) is 28.5 Å². The molecule has 2 aliphatic heterocycles. The molecule has 0 aliphatic carbocycles. The maximum atomic E-state index is 13.6. The molecule has 3 aromatic rings. The van der Waals surface area contributed by atoms with Crippen LogP contribution in [0.25, 0.3) is 6.08 Å². The van der Waals surface area contributed by atoms with Gasteiger partial charge in [-0.25, -0.2) is 9.79 Å². The zero-order valence-electron chi connectivity index (χ0n) is 18.5. The average Bonchev–Trinajstić information content (AvgIpc) is 3.38. The van der Waals surface area contributed by atoms with Gasteiger partial charge in [0.15, 0.2) is 16.3 Å². The maximum absolute atomic E-state index is 13.6. The van der Waals surface area contributed by atoms with Crippen LogP contribution in [0.15, 0.2) is 63.5 Å². The lowest BCUT2D eigenvalue weighted by Gasteiger charge is -2.24. The van der Waals surface area contributed by atoms with Gasteiger partial charge in [0.2, 0.25) is 6.79 Å². The second-order valence-corrected chi connectivity index (χ2v) is 8.83. The first kappa shape index (κ1) is 21.2. The van der Waals surface area contributed by atoms with Crippen LogP contribution in [-0.4, -0.2) is 23.9 Å². The van der Waals surface area contributed by atoms with Crippen molar-refractivity contribution >= 4 is 23.4 Å². The molecular formula is C25H22N2O5S. The van der Waals surface area contributed by atoms with Crippen LogP contribution in [0.3, 0.4) is 0 Å². The Labute approximate surface area is 193 Å². The third-order valence-corrected chi connectivity index (χ3v) is 6.59. The Morgan fingerprint density at radius 3 is 2.70 bits per heavy atom. The van der Waals surface area contributed by atoms with Gasteiger partial charge in [-0.1, -0.05) is 47.2 Å². The van der Waals surface area contributed by atoms with Crippen molar-refractivity contribution in [1.29, 1.82) is 0 Å². The molecule has 0 bridgehead atoms. The van der Waals surface area contributed by atoms with Crippen molar-refractivity contribution in [2.45, 2.75) is 26.8 Å². The van der Waals surface area contributed by atoms with Crippen LogP contribution in [0, 0.1) is 6.92 Å². The summed E-state index contributed by atoms with van der Waals surface area (Å²) in [6.07, 6.45) is 1.85. The van der Waals surface area contributed by atoms with Crippen molar-refractivity contribution in [1.82, 2.24) is 4.57 Å². The summed E-state index contributed by atoms with van der Waals surface area (Å²) < 4.78 is 18.4. The first-order chi connectivity index (χ1) is 16.0. The van der Waals surface area contributed by atoms with E-state index in [0.717, 1.165) is 16.7 Å². The minimum Gasteiger partial charge on any atom is -0.463 e. The van der Waals surface area contributed by atoms with Crippen LogP contribution >= 0.6 is 11.3 Å². The number of aryl methyl sites for hydroxylation is 1. The summed E-state index contributed by atoms with van der Waals surface area (Å²) in [5, 5.41) is 0. The van der Waals surface area contributed by atoms with E-state index >= 15 is 0 Å². The molecule has 7 nitrogen and oxygen atoms in total. The standard InChI is InChI=1S/C25H22N2O5S/c1-4-30-24(29)21-15(3)26-25-27(22(21)17-9-10-18-19(12-17)32-13-31-18)23(28)20(33-25)11-16-7-5-14(2)6-8-16/h5-12,22H,4,13H2,1-3H3/b20-11+/t22-/m1/s1. The van der Waals surface area contributed by atoms with Gasteiger partial charge in [-0.05, 0) is 50.1 Å². The van der Waals surface area contributed by atoms with Gasteiger partial charge in [-0.3, -0.25) is 9.36 Å². The van der Waals surface area contributed by atoms with Crippen LogP contribution < -0.4 is 24.4 Å². The molecule has 0 radical (unpaired) electrons. The summed E-state index contributed by atoms with van der Waals surface area (Å²) in [5.74, 6) is 0.713. The smallest absolute Gasteiger partial charge is 0.338 e. The molecule has 0 N–H and O–H groups in total. The van der Waals surface area contributed by atoms with Crippen molar-refractivity contribution < 1.29 is 19.0 Å². The monoisotopic (exact) mass is 462 g/mol. The molecule has 0 saturated heterocycles. The van der Waals surface area contributed by atoms with Crippen LogP contribution in [0.4, 0.5) is 0 Å². The van der Waals surface area contributed by atoms with Crippen molar-refractivity contribution in [2.24, 2.45) is 4.99 Å². The van der Waals surface area contributed by atoms with E-state index in [9.17, 15) is 9.59 Å². The summed E-state index contributed by atoms with van der Waals surface area (Å²) in [6.45, 7) is 5.89. The highest BCUT2D eigenvalue weighted by molar-refractivity contribution is 7.07. The quantitative estimate of drug-likeness (QED) is 0.557. The van der Waals surface area contributed by atoms with E-state index in [0.29, 0.717) is 32.1 Å². The summed E-state index contributed by atoms with van der Waals surface area (Å²) >= 11 is 1.30.